The lowest BCUT2D eigenvalue weighted by Gasteiger charge is -2.34. The van der Waals surface area contributed by atoms with E-state index in [1.165, 1.54) is 33.4 Å². The predicted molar refractivity (Wildman–Crippen MR) is 230 cm³/mol. The molecular weight excluding hydrogens is 679 g/mol. The Morgan fingerprint density at radius 2 is 0.911 bits per heavy atom. The van der Waals surface area contributed by atoms with Crippen LogP contribution in [-0.4, -0.2) is 14.5 Å². The zero-order chi connectivity index (χ0) is 37.1. The molecule has 10 aromatic rings. The third-order valence-electron chi connectivity index (χ3n) is 11.5. The van der Waals surface area contributed by atoms with E-state index in [0.29, 0.717) is 5.82 Å². The fourth-order valence-corrected chi connectivity index (χ4v) is 9.18. The number of nitrogens with zero attached hydrogens (tertiary/aromatic N) is 3. The molecule has 0 radical (unpaired) electrons. The number of hydrogen-bond acceptors (Lipinski definition) is 2. The predicted octanol–water partition coefficient (Wildman–Crippen LogP) is 12.9. The summed E-state index contributed by atoms with van der Waals surface area (Å²) in [6.45, 7) is 0. The molecule has 0 fully saturated rings. The van der Waals surface area contributed by atoms with Gasteiger partial charge in [0, 0.05) is 38.7 Å². The molecule has 262 valence electrons. The Kier molecular flexibility index (Phi) is 7.39. The minimum absolute atomic E-state index is 0.616. The Morgan fingerprint density at radius 3 is 1.52 bits per heavy atom. The zero-order valence-electron chi connectivity index (χ0n) is 30.5. The van der Waals surface area contributed by atoms with E-state index >= 15 is 0 Å². The van der Waals surface area contributed by atoms with Gasteiger partial charge in [-0.15, -0.1) is 0 Å². The van der Waals surface area contributed by atoms with Crippen LogP contribution >= 0.6 is 0 Å². The molecular formula is C53H35N3. The van der Waals surface area contributed by atoms with Gasteiger partial charge in [0.2, 0.25) is 0 Å². The molecule has 0 bridgehead atoms. The average Bonchev–Trinajstić information content (AvgIpc) is 3.79. The van der Waals surface area contributed by atoms with Crippen molar-refractivity contribution in [2.75, 3.05) is 0 Å². The lowest BCUT2D eigenvalue weighted by atomic mass is 9.67. The first-order valence-electron chi connectivity index (χ1n) is 19.2. The van der Waals surface area contributed by atoms with Crippen LogP contribution in [-0.2, 0) is 5.41 Å². The van der Waals surface area contributed by atoms with E-state index in [-0.39, 0.29) is 0 Å². The molecule has 2 heterocycles. The highest BCUT2D eigenvalue weighted by Gasteiger charge is 2.48. The molecule has 0 atom stereocenters. The molecule has 0 unspecified atom stereocenters. The standard InChI is InChI=1S/C53H35N3/c1-6-20-36(21-7-1)46-35-47(37-22-8-2-9-23-37)55-52(54-46)43-34-45-50(51-49(43)42-31-17-19-33-48(42)56(51)40-28-14-5-15-29-40)41-30-16-18-32-44(41)53(45,38-24-10-3-11-25-38)39-26-12-4-13-27-39/h1-35H. The van der Waals surface area contributed by atoms with E-state index in [1.54, 1.807) is 0 Å². The minimum atomic E-state index is -0.616. The van der Waals surface area contributed by atoms with Crippen LogP contribution in [0, 0.1) is 0 Å². The molecule has 0 N–H and O–H groups in total. The van der Waals surface area contributed by atoms with Crippen LogP contribution in [0.5, 0.6) is 0 Å². The number of aromatic nitrogens is 3. The SMILES string of the molecule is c1ccc(-c2cc(-c3ccccc3)nc(-c3cc4c(c5c3c3ccccc3n5-c3ccccc3)-c3ccccc3C4(c3ccccc3)c3ccccc3)n2)cc1. The molecule has 3 nitrogen and oxygen atoms in total. The van der Waals surface area contributed by atoms with Gasteiger partial charge >= 0.3 is 0 Å². The maximum absolute atomic E-state index is 5.49. The van der Waals surface area contributed by atoms with Crippen LogP contribution in [0.4, 0.5) is 0 Å². The average molecular weight is 714 g/mol. The fourth-order valence-electron chi connectivity index (χ4n) is 9.18. The first-order chi connectivity index (χ1) is 27.8. The highest BCUT2D eigenvalue weighted by molar-refractivity contribution is 6.21. The summed E-state index contributed by atoms with van der Waals surface area (Å²) in [6.07, 6.45) is 0. The van der Waals surface area contributed by atoms with Crippen molar-refractivity contribution >= 4 is 21.8 Å². The number of benzene rings is 8. The van der Waals surface area contributed by atoms with Crippen molar-refractivity contribution in [2.24, 2.45) is 0 Å². The van der Waals surface area contributed by atoms with Crippen molar-refractivity contribution in [1.29, 1.82) is 0 Å². The van der Waals surface area contributed by atoms with Gasteiger partial charge in [-0.3, -0.25) is 0 Å². The molecule has 0 saturated carbocycles. The normalized spacial score (nSPS) is 12.8. The van der Waals surface area contributed by atoms with Crippen molar-refractivity contribution in [3.8, 4) is 50.7 Å². The lowest BCUT2D eigenvalue weighted by Crippen LogP contribution is -2.28. The van der Waals surface area contributed by atoms with Gasteiger partial charge in [0.1, 0.15) is 0 Å². The van der Waals surface area contributed by atoms with Gasteiger partial charge < -0.3 is 4.57 Å². The summed E-state index contributed by atoms with van der Waals surface area (Å²) in [4.78, 5) is 11.0. The number of hydrogen-bond donors (Lipinski definition) is 0. The fraction of sp³-hybridized carbons (Fsp3) is 0.0189. The maximum atomic E-state index is 5.49. The number of para-hydroxylation sites is 2. The molecule has 0 aliphatic heterocycles. The van der Waals surface area contributed by atoms with E-state index in [9.17, 15) is 0 Å². The van der Waals surface area contributed by atoms with Crippen molar-refractivity contribution in [3.63, 3.8) is 0 Å². The van der Waals surface area contributed by atoms with E-state index in [0.717, 1.165) is 55.6 Å². The van der Waals surface area contributed by atoms with Gasteiger partial charge in [-0.25, -0.2) is 9.97 Å². The van der Waals surface area contributed by atoms with Crippen LogP contribution in [0.2, 0.25) is 0 Å². The second-order valence-electron chi connectivity index (χ2n) is 14.5. The first kappa shape index (κ1) is 32.1. The Labute approximate surface area is 325 Å². The first-order valence-corrected chi connectivity index (χ1v) is 19.2. The van der Waals surface area contributed by atoms with Crippen molar-refractivity contribution in [2.45, 2.75) is 5.41 Å². The summed E-state index contributed by atoms with van der Waals surface area (Å²) in [6, 6.07) is 76.1. The van der Waals surface area contributed by atoms with Gasteiger partial charge in [-0.2, -0.15) is 0 Å². The van der Waals surface area contributed by atoms with E-state index in [1.807, 2.05) is 0 Å². The van der Waals surface area contributed by atoms with Crippen LogP contribution < -0.4 is 0 Å². The molecule has 8 aromatic carbocycles. The molecule has 1 aliphatic carbocycles. The number of fused-ring (bicyclic) bond motifs is 7. The van der Waals surface area contributed by atoms with Gasteiger partial charge in [-0.1, -0.05) is 182 Å². The van der Waals surface area contributed by atoms with E-state index < -0.39 is 5.41 Å². The van der Waals surface area contributed by atoms with E-state index in [2.05, 4.69) is 217 Å². The lowest BCUT2D eigenvalue weighted by molar-refractivity contribution is 0.769. The van der Waals surface area contributed by atoms with Crippen LogP contribution in [0.3, 0.4) is 0 Å². The van der Waals surface area contributed by atoms with Gasteiger partial charge in [0.05, 0.1) is 27.8 Å². The Bertz CT molecular complexity index is 2950. The van der Waals surface area contributed by atoms with Crippen LogP contribution in [0.25, 0.3) is 72.5 Å². The van der Waals surface area contributed by atoms with Crippen LogP contribution in [0.15, 0.2) is 212 Å². The van der Waals surface area contributed by atoms with Crippen molar-refractivity contribution in [3.05, 3.63) is 235 Å². The Hall–Kier alpha value is -7.36. The molecule has 3 heteroatoms. The summed E-state index contributed by atoms with van der Waals surface area (Å²) >= 11 is 0. The Morgan fingerprint density at radius 1 is 0.411 bits per heavy atom. The molecule has 1 aliphatic rings. The molecule has 56 heavy (non-hydrogen) atoms. The summed E-state index contributed by atoms with van der Waals surface area (Å²) in [7, 11) is 0. The third kappa shape index (κ3) is 4.77. The topological polar surface area (TPSA) is 30.7 Å². The van der Waals surface area contributed by atoms with Crippen molar-refractivity contribution < 1.29 is 0 Å². The smallest absolute Gasteiger partial charge is 0.161 e. The number of rotatable bonds is 6. The summed E-state index contributed by atoms with van der Waals surface area (Å²) in [5.41, 5.74) is 15.0. The quantitative estimate of drug-likeness (QED) is 0.172. The molecule has 0 spiro atoms. The molecule has 0 saturated heterocycles. The highest BCUT2D eigenvalue weighted by atomic mass is 15.0. The molecule has 0 amide bonds. The largest absolute Gasteiger partial charge is 0.309 e. The zero-order valence-corrected chi connectivity index (χ0v) is 30.5. The third-order valence-corrected chi connectivity index (χ3v) is 11.5. The van der Waals surface area contributed by atoms with Gasteiger partial charge in [0.25, 0.3) is 0 Å². The maximum Gasteiger partial charge on any atom is 0.161 e. The van der Waals surface area contributed by atoms with Crippen molar-refractivity contribution in [1.82, 2.24) is 14.5 Å². The van der Waals surface area contributed by atoms with Crippen LogP contribution in [0.1, 0.15) is 22.3 Å². The minimum Gasteiger partial charge on any atom is -0.309 e. The summed E-state index contributed by atoms with van der Waals surface area (Å²) < 4.78 is 2.47. The van der Waals surface area contributed by atoms with Gasteiger partial charge in [0.15, 0.2) is 5.82 Å². The molecule has 11 rings (SSSR count). The summed E-state index contributed by atoms with van der Waals surface area (Å²) in [5, 5.41) is 2.30. The molecule has 2 aromatic heterocycles. The second-order valence-corrected chi connectivity index (χ2v) is 14.5. The van der Waals surface area contributed by atoms with Gasteiger partial charge in [-0.05, 0) is 58.1 Å². The highest BCUT2D eigenvalue weighted by Crippen LogP contribution is 2.60. The summed E-state index contributed by atoms with van der Waals surface area (Å²) in [5.74, 6) is 0.694. The monoisotopic (exact) mass is 713 g/mol. The van der Waals surface area contributed by atoms with E-state index in [4.69, 9.17) is 9.97 Å². The Balaban J connectivity index is 1.37. The second kappa shape index (κ2) is 12.9.